The molecule has 1 aromatic carbocycles. The average molecular weight is 286 g/mol. The van der Waals surface area contributed by atoms with E-state index in [1.54, 1.807) is 0 Å². The second kappa shape index (κ2) is 5.21. The van der Waals surface area contributed by atoms with Gasteiger partial charge < -0.3 is 0 Å². The first kappa shape index (κ1) is 13.6. The minimum absolute atomic E-state index is 0.161. The lowest BCUT2D eigenvalue weighted by atomic mass is 9.76. The molecule has 0 saturated heterocycles. The molecule has 3 rings (SSSR count). The monoisotopic (exact) mass is 285 g/mol. The van der Waals surface area contributed by atoms with Gasteiger partial charge in [-0.15, -0.1) is 11.6 Å². The van der Waals surface area contributed by atoms with Crippen molar-refractivity contribution in [1.82, 2.24) is 4.98 Å². The predicted molar refractivity (Wildman–Crippen MR) is 86.2 cm³/mol. The van der Waals surface area contributed by atoms with Crippen LogP contribution in [0.2, 0.25) is 0 Å². The first-order valence-electron chi connectivity index (χ1n) is 7.20. The van der Waals surface area contributed by atoms with Crippen molar-refractivity contribution < 1.29 is 0 Å². The number of fused-ring (bicyclic) bond motifs is 1. The molecule has 20 heavy (non-hydrogen) atoms. The van der Waals surface area contributed by atoms with Crippen LogP contribution in [0.5, 0.6) is 0 Å². The molecule has 1 aromatic heterocycles. The number of pyridine rings is 1. The fraction of sp³-hybridized carbons (Fsp3) is 0.389. The minimum Gasteiger partial charge on any atom is -0.253 e. The maximum absolute atomic E-state index is 6.36. The second-order valence-electron chi connectivity index (χ2n) is 6.56. The number of hydrogen-bond acceptors (Lipinski definition) is 1. The summed E-state index contributed by atoms with van der Waals surface area (Å²) in [6, 6.07) is 12.6. The molecule has 0 fully saturated rings. The van der Waals surface area contributed by atoms with Crippen molar-refractivity contribution >= 4 is 22.5 Å². The Labute approximate surface area is 125 Å². The molecule has 0 bridgehead atoms. The maximum atomic E-state index is 6.36. The Morgan fingerprint density at radius 2 is 2.00 bits per heavy atom. The third-order valence-electron chi connectivity index (χ3n) is 3.93. The highest BCUT2D eigenvalue weighted by Gasteiger charge is 2.27. The molecule has 1 aliphatic rings. The number of nitrogens with zero attached hydrogens (tertiary/aromatic N) is 1. The van der Waals surface area contributed by atoms with Gasteiger partial charge in [-0.3, -0.25) is 4.98 Å². The van der Waals surface area contributed by atoms with E-state index in [0.29, 0.717) is 5.41 Å². The Morgan fingerprint density at radius 3 is 2.80 bits per heavy atom. The van der Waals surface area contributed by atoms with Crippen molar-refractivity contribution in [2.24, 2.45) is 5.41 Å². The van der Waals surface area contributed by atoms with Crippen molar-refractivity contribution in [2.45, 2.75) is 38.5 Å². The number of hydrogen-bond donors (Lipinski definition) is 0. The highest BCUT2D eigenvalue weighted by atomic mass is 35.5. The molecule has 104 valence electrons. The number of para-hydroxylation sites is 1. The summed E-state index contributed by atoms with van der Waals surface area (Å²) in [6.45, 7) is 4.59. The molecule has 0 aliphatic heterocycles. The van der Waals surface area contributed by atoms with Gasteiger partial charge in [-0.05, 0) is 30.4 Å². The van der Waals surface area contributed by atoms with Crippen LogP contribution >= 0.6 is 11.6 Å². The van der Waals surface area contributed by atoms with Crippen LogP contribution in [0.1, 0.15) is 32.4 Å². The zero-order valence-electron chi connectivity index (χ0n) is 12.1. The Kier molecular flexibility index (Phi) is 3.55. The van der Waals surface area contributed by atoms with E-state index in [-0.39, 0.29) is 5.38 Å². The number of allylic oxidation sites excluding steroid dienone is 2. The third kappa shape index (κ3) is 3.04. The van der Waals surface area contributed by atoms with E-state index in [1.165, 1.54) is 11.0 Å². The van der Waals surface area contributed by atoms with E-state index in [1.807, 2.05) is 12.1 Å². The van der Waals surface area contributed by atoms with Gasteiger partial charge in [0.1, 0.15) is 0 Å². The van der Waals surface area contributed by atoms with Gasteiger partial charge in [0, 0.05) is 17.5 Å². The summed E-state index contributed by atoms with van der Waals surface area (Å²) < 4.78 is 0. The fourth-order valence-electron chi connectivity index (χ4n) is 3.15. The molecule has 1 nitrogen and oxygen atoms in total. The molecule has 0 N–H and O–H groups in total. The normalized spacial score (nSPS) is 21.8. The molecule has 0 spiro atoms. The quantitative estimate of drug-likeness (QED) is 0.550. The van der Waals surface area contributed by atoms with E-state index in [9.17, 15) is 0 Å². The molecular weight excluding hydrogens is 266 g/mol. The number of halogens is 1. The molecule has 0 saturated carbocycles. The van der Waals surface area contributed by atoms with Crippen LogP contribution in [0.15, 0.2) is 48.0 Å². The van der Waals surface area contributed by atoms with Gasteiger partial charge in [0.15, 0.2) is 0 Å². The number of aromatic nitrogens is 1. The summed E-state index contributed by atoms with van der Waals surface area (Å²) in [5.41, 5.74) is 3.93. The van der Waals surface area contributed by atoms with Gasteiger partial charge in [0.05, 0.1) is 10.9 Å². The van der Waals surface area contributed by atoms with Crippen LogP contribution in [-0.4, -0.2) is 10.4 Å². The Hall–Kier alpha value is -1.34. The Bertz CT molecular complexity index is 657. The van der Waals surface area contributed by atoms with Crippen molar-refractivity contribution in [3.8, 4) is 0 Å². The molecule has 1 aliphatic carbocycles. The van der Waals surface area contributed by atoms with Crippen LogP contribution < -0.4 is 0 Å². The number of benzene rings is 1. The average Bonchev–Trinajstić information content (AvgIpc) is 2.36. The molecule has 0 radical (unpaired) electrons. The zero-order chi connectivity index (χ0) is 14.2. The fourth-order valence-corrected chi connectivity index (χ4v) is 3.74. The number of rotatable bonds is 2. The first-order valence-corrected chi connectivity index (χ1v) is 7.64. The topological polar surface area (TPSA) is 12.9 Å². The van der Waals surface area contributed by atoms with Gasteiger partial charge in [-0.25, -0.2) is 0 Å². The summed E-state index contributed by atoms with van der Waals surface area (Å²) in [6.07, 6.45) is 5.31. The van der Waals surface area contributed by atoms with Crippen molar-refractivity contribution in [3.63, 3.8) is 0 Å². The number of alkyl halides is 1. The highest BCUT2D eigenvalue weighted by Crippen LogP contribution is 2.38. The summed E-state index contributed by atoms with van der Waals surface area (Å²) in [5, 5.41) is 1.36. The van der Waals surface area contributed by atoms with Crippen LogP contribution in [0.3, 0.4) is 0 Å². The summed E-state index contributed by atoms with van der Waals surface area (Å²) in [5.74, 6) is 0. The molecule has 1 unspecified atom stereocenters. The third-order valence-corrected chi connectivity index (χ3v) is 4.21. The van der Waals surface area contributed by atoms with Gasteiger partial charge >= 0.3 is 0 Å². The van der Waals surface area contributed by atoms with E-state index < -0.39 is 0 Å². The van der Waals surface area contributed by atoms with Crippen LogP contribution in [0, 0.1) is 5.41 Å². The van der Waals surface area contributed by atoms with Gasteiger partial charge in [0.25, 0.3) is 0 Å². The Balaban J connectivity index is 1.86. The minimum atomic E-state index is 0.161. The molecular formula is C18H20ClN. The summed E-state index contributed by atoms with van der Waals surface area (Å²) in [7, 11) is 0. The van der Waals surface area contributed by atoms with Crippen molar-refractivity contribution in [3.05, 3.63) is 53.7 Å². The van der Waals surface area contributed by atoms with E-state index in [2.05, 4.69) is 44.2 Å². The lowest BCUT2D eigenvalue weighted by Gasteiger charge is -2.32. The van der Waals surface area contributed by atoms with E-state index in [4.69, 9.17) is 16.6 Å². The molecule has 0 amide bonds. The van der Waals surface area contributed by atoms with Crippen molar-refractivity contribution in [2.75, 3.05) is 0 Å². The van der Waals surface area contributed by atoms with Gasteiger partial charge in [-0.2, -0.15) is 0 Å². The lowest BCUT2D eigenvalue weighted by Crippen LogP contribution is -2.23. The van der Waals surface area contributed by atoms with Gasteiger partial charge in [0.2, 0.25) is 0 Å². The van der Waals surface area contributed by atoms with E-state index in [0.717, 1.165) is 30.5 Å². The predicted octanol–water partition coefficient (Wildman–Crippen LogP) is 5.13. The lowest BCUT2D eigenvalue weighted by molar-refractivity contribution is 0.320. The smallest absolute Gasteiger partial charge is 0.0705 e. The largest absolute Gasteiger partial charge is 0.253 e. The molecule has 2 aromatic rings. The van der Waals surface area contributed by atoms with Crippen molar-refractivity contribution in [1.29, 1.82) is 0 Å². The second-order valence-corrected chi connectivity index (χ2v) is 7.12. The molecule has 2 heteroatoms. The Morgan fingerprint density at radius 1 is 1.20 bits per heavy atom. The first-order chi connectivity index (χ1) is 9.52. The molecule has 1 atom stereocenters. The standard InChI is InChI=1S/C18H20ClN/c1-18(2)11-13(9-15(19)12-18)10-16-8-7-14-5-3-4-6-17(14)20-16/h3-9,15H,10-12H2,1-2H3. The summed E-state index contributed by atoms with van der Waals surface area (Å²) >= 11 is 6.36. The van der Waals surface area contributed by atoms with E-state index >= 15 is 0 Å². The maximum Gasteiger partial charge on any atom is 0.0705 e. The zero-order valence-corrected chi connectivity index (χ0v) is 12.8. The highest BCUT2D eigenvalue weighted by molar-refractivity contribution is 6.21. The SMILES string of the molecule is CC1(C)CC(Cc2ccc3ccccc3n2)=CC(Cl)C1. The van der Waals surface area contributed by atoms with Crippen LogP contribution in [-0.2, 0) is 6.42 Å². The molecule has 1 heterocycles. The van der Waals surface area contributed by atoms with Crippen LogP contribution in [0.25, 0.3) is 10.9 Å². The summed E-state index contributed by atoms with van der Waals surface area (Å²) in [4.78, 5) is 4.76. The van der Waals surface area contributed by atoms with Gasteiger partial charge in [-0.1, -0.05) is 49.8 Å². The van der Waals surface area contributed by atoms with Crippen LogP contribution in [0.4, 0.5) is 0 Å².